The molecule has 1 amide bonds. The Bertz CT molecular complexity index is 505. The van der Waals surface area contributed by atoms with Gasteiger partial charge in [0.2, 0.25) is 0 Å². The van der Waals surface area contributed by atoms with E-state index in [0.29, 0.717) is 12.6 Å². The number of carbonyl (C=O) groups is 1. The average Bonchev–Trinajstić information content (AvgIpc) is 2.92. The minimum atomic E-state index is -0.474. The first-order valence-electron chi connectivity index (χ1n) is 7.84. The summed E-state index contributed by atoms with van der Waals surface area (Å²) in [7, 11) is 1.77. The molecule has 5 nitrogen and oxygen atoms in total. The number of anilines is 1. The van der Waals surface area contributed by atoms with Gasteiger partial charge in [-0.25, -0.2) is 4.79 Å². The molecule has 0 spiro atoms. The predicted molar refractivity (Wildman–Crippen MR) is 89.0 cm³/mol. The molecule has 122 valence electrons. The van der Waals surface area contributed by atoms with Gasteiger partial charge in [-0.3, -0.25) is 0 Å². The Kier molecular flexibility index (Phi) is 5.29. The number of rotatable bonds is 4. The van der Waals surface area contributed by atoms with Gasteiger partial charge in [0.25, 0.3) is 0 Å². The molecule has 5 heteroatoms. The summed E-state index contributed by atoms with van der Waals surface area (Å²) in [5.41, 5.74) is 1.72. The van der Waals surface area contributed by atoms with Crippen LogP contribution in [0.15, 0.2) is 24.3 Å². The van der Waals surface area contributed by atoms with Crippen LogP contribution in [-0.2, 0) is 11.3 Å². The van der Waals surface area contributed by atoms with E-state index in [2.05, 4.69) is 16.7 Å². The fraction of sp³-hybridized carbons (Fsp3) is 0.588. The molecule has 1 aromatic carbocycles. The Morgan fingerprint density at radius 3 is 2.77 bits per heavy atom. The molecular weight excluding hydrogens is 278 g/mol. The normalized spacial score (nSPS) is 18.1. The molecule has 0 saturated carbocycles. The first-order chi connectivity index (χ1) is 10.3. The van der Waals surface area contributed by atoms with E-state index in [1.807, 2.05) is 39.0 Å². The number of benzene rings is 1. The summed E-state index contributed by atoms with van der Waals surface area (Å²) in [4.78, 5) is 13.7. The zero-order chi connectivity index (χ0) is 16.2. The second kappa shape index (κ2) is 7.01. The molecule has 1 heterocycles. The van der Waals surface area contributed by atoms with Crippen molar-refractivity contribution in [2.75, 3.05) is 25.5 Å². The van der Waals surface area contributed by atoms with E-state index in [1.54, 1.807) is 11.9 Å². The number of hydrogen-bond acceptors (Lipinski definition) is 4. The van der Waals surface area contributed by atoms with Crippen molar-refractivity contribution in [3.05, 3.63) is 29.8 Å². The Morgan fingerprint density at radius 2 is 2.14 bits per heavy atom. The first kappa shape index (κ1) is 16.6. The zero-order valence-electron chi connectivity index (χ0n) is 14.0. The Labute approximate surface area is 133 Å². The number of hydrogen-bond donors (Lipinski definition) is 2. The molecule has 2 N–H and O–H groups in total. The first-order valence-corrected chi connectivity index (χ1v) is 7.84. The van der Waals surface area contributed by atoms with Crippen LogP contribution in [0.1, 0.15) is 32.8 Å². The van der Waals surface area contributed by atoms with Crippen molar-refractivity contribution in [2.45, 2.75) is 45.4 Å². The molecule has 1 aliphatic heterocycles. The summed E-state index contributed by atoms with van der Waals surface area (Å²) in [5.74, 6) is 0. The summed E-state index contributed by atoms with van der Waals surface area (Å²) >= 11 is 0. The van der Waals surface area contributed by atoms with Crippen LogP contribution in [0.2, 0.25) is 0 Å². The lowest BCUT2D eigenvalue weighted by atomic mass is 10.1. The molecule has 0 aliphatic carbocycles. The van der Waals surface area contributed by atoms with Crippen LogP contribution in [0.3, 0.4) is 0 Å². The van der Waals surface area contributed by atoms with Gasteiger partial charge < -0.3 is 20.3 Å². The zero-order valence-corrected chi connectivity index (χ0v) is 14.0. The van der Waals surface area contributed by atoms with E-state index in [9.17, 15) is 4.79 Å². The minimum absolute atomic E-state index is 0.301. The maximum atomic E-state index is 12.1. The van der Waals surface area contributed by atoms with Crippen molar-refractivity contribution in [2.24, 2.45) is 0 Å². The second-order valence-electron chi connectivity index (χ2n) is 6.83. The largest absolute Gasteiger partial charge is 0.444 e. The number of carbonyl (C=O) groups excluding carboxylic acids is 1. The van der Waals surface area contributed by atoms with E-state index in [4.69, 9.17) is 4.74 Å². The molecule has 1 atom stereocenters. The fourth-order valence-corrected chi connectivity index (χ4v) is 2.46. The van der Waals surface area contributed by atoms with E-state index in [1.165, 1.54) is 0 Å². The van der Waals surface area contributed by atoms with Crippen LogP contribution < -0.4 is 10.6 Å². The van der Waals surface area contributed by atoms with Crippen LogP contribution in [0.5, 0.6) is 0 Å². The van der Waals surface area contributed by atoms with Gasteiger partial charge in [-0.1, -0.05) is 18.2 Å². The van der Waals surface area contributed by atoms with E-state index >= 15 is 0 Å². The number of nitrogens with one attached hydrogen (secondary N) is 2. The van der Waals surface area contributed by atoms with Crippen LogP contribution in [0, 0.1) is 0 Å². The van der Waals surface area contributed by atoms with Crippen molar-refractivity contribution in [3.63, 3.8) is 0 Å². The molecule has 0 bridgehead atoms. The topological polar surface area (TPSA) is 53.6 Å². The Hall–Kier alpha value is -1.75. The highest BCUT2D eigenvalue weighted by molar-refractivity contribution is 5.68. The number of nitrogens with zero attached hydrogens (tertiary/aromatic N) is 1. The highest BCUT2D eigenvalue weighted by atomic mass is 16.6. The lowest BCUT2D eigenvalue weighted by Gasteiger charge is -2.25. The van der Waals surface area contributed by atoms with E-state index in [0.717, 1.165) is 30.8 Å². The third kappa shape index (κ3) is 4.91. The van der Waals surface area contributed by atoms with Crippen molar-refractivity contribution in [1.29, 1.82) is 0 Å². The minimum Gasteiger partial charge on any atom is -0.444 e. The summed E-state index contributed by atoms with van der Waals surface area (Å²) in [6, 6.07) is 8.58. The lowest BCUT2D eigenvalue weighted by molar-refractivity contribution is 0.0285. The van der Waals surface area contributed by atoms with Crippen molar-refractivity contribution in [3.8, 4) is 0 Å². The van der Waals surface area contributed by atoms with Crippen molar-refractivity contribution >= 4 is 11.8 Å². The van der Waals surface area contributed by atoms with E-state index < -0.39 is 5.60 Å². The maximum absolute atomic E-state index is 12.1. The average molecular weight is 305 g/mol. The Balaban J connectivity index is 2.00. The molecule has 1 saturated heterocycles. The quantitative estimate of drug-likeness (QED) is 0.898. The second-order valence-corrected chi connectivity index (χ2v) is 6.83. The number of para-hydroxylation sites is 1. The third-order valence-corrected chi connectivity index (χ3v) is 3.55. The summed E-state index contributed by atoms with van der Waals surface area (Å²) in [5, 5.41) is 6.91. The highest BCUT2D eigenvalue weighted by Gasteiger charge is 2.21. The predicted octanol–water partition coefficient (Wildman–Crippen LogP) is 2.83. The van der Waals surface area contributed by atoms with Gasteiger partial charge >= 0.3 is 6.09 Å². The van der Waals surface area contributed by atoms with Crippen LogP contribution >= 0.6 is 0 Å². The molecular formula is C17H27N3O2. The van der Waals surface area contributed by atoms with Crippen LogP contribution in [0.4, 0.5) is 10.5 Å². The standard InChI is InChI=1S/C17H27N3O2/c1-17(2,3)22-16(21)20(4)12-13-7-5-6-8-15(13)19-14-9-10-18-11-14/h5-8,14,18-19H,9-12H2,1-4H3. The smallest absolute Gasteiger partial charge is 0.410 e. The highest BCUT2D eigenvalue weighted by Crippen LogP contribution is 2.20. The van der Waals surface area contributed by atoms with Gasteiger partial charge in [-0.2, -0.15) is 0 Å². The summed E-state index contributed by atoms with van der Waals surface area (Å²) in [6.45, 7) is 8.19. The maximum Gasteiger partial charge on any atom is 0.410 e. The molecule has 2 rings (SSSR count). The van der Waals surface area contributed by atoms with Gasteiger partial charge in [0.15, 0.2) is 0 Å². The fourth-order valence-electron chi connectivity index (χ4n) is 2.46. The third-order valence-electron chi connectivity index (χ3n) is 3.55. The SMILES string of the molecule is CN(Cc1ccccc1NC1CCNC1)C(=O)OC(C)(C)C. The molecule has 1 unspecified atom stereocenters. The number of ether oxygens (including phenoxy) is 1. The summed E-state index contributed by atoms with van der Waals surface area (Å²) in [6.07, 6.45) is 0.820. The van der Waals surface area contributed by atoms with Gasteiger partial charge in [-0.15, -0.1) is 0 Å². The van der Waals surface area contributed by atoms with E-state index in [-0.39, 0.29) is 6.09 Å². The van der Waals surface area contributed by atoms with Gasteiger partial charge in [-0.05, 0) is 45.4 Å². The lowest BCUT2D eigenvalue weighted by Crippen LogP contribution is -2.34. The van der Waals surface area contributed by atoms with Crippen LogP contribution in [-0.4, -0.2) is 42.8 Å². The number of amides is 1. The van der Waals surface area contributed by atoms with Gasteiger partial charge in [0.1, 0.15) is 5.60 Å². The molecule has 1 fully saturated rings. The van der Waals surface area contributed by atoms with Crippen LogP contribution in [0.25, 0.3) is 0 Å². The molecule has 22 heavy (non-hydrogen) atoms. The molecule has 1 aliphatic rings. The monoisotopic (exact) mass is 305 g/mol. The van der Waals surface area contributed by atoms with Crippen molar-refractivity contribution in [1.82, 2.24) is 10.2 Å². The van der Waals surface area contributed by atoms with Gasteiger partial charge in [0, 0.05) is 25.3 Å². The molecule has 0 radical (unpaired) electrons. The Morgan fingerprint density at radius 1 is 1.41 bits per heavy atom. The summed E-state index contributed by atoms with van der Waals surface area (Å²) < 4.78 is 5.40. The van der Waals surface area contributed by atoms with Gasteiger partial charge in [0.05, 0.1) is 6.54 Å². The molecule has 0 aromatic heterocycles. The molecule has 1 aromatic rings. The van der Waals surface area contributed by atoms with Crippen molar-refractivity contribution < 1.29 is 9.53 Å².